The molecule has 0 radical (unpaired) electrons. The van der Waals surface area contributed by atoms with E-state index in [1.54, 1.807) is 0 Å². The van der Waals surface area contributed by atoms with E-state index in [-0.39, 0.29) is 43.8 Å². The molecule has 0 saturated carbocycles. The lowest BCUT2D eigenvalue weighted by Gasteiger charge is -2.25. The second-order valence-electron chi connectivity index (χ2n) is 12.0. The first-order valence-electron chi connectivity index (χ1n) is 16.2. The molecule has 0 heterocycles. The normalized spacial score (nSPS) is 13.3. The van der Waals surface area contributed by atoms with Crippen LogP contribution in [0.3, 0.4) is 0 Å². The van der Waals surface area contributed by atoms with E-state index in [9.17, 15) is 24.0 Å². The Morgan fingerprint density at radius 2 is 1.12 bits per heavy atom. The zero-order valence-corrected chi connectivity index (χ0v) is 28.8. The predicted molar refractivity (Wildman–Crippen MR) is 186 cm³/mol. The highest BCUT2D eigenvalue weighted by Crippen LogP contribution is 2.09. The largest absolute Gasteiger partial charge is 0.445 e. The molecule has 0 fully saturated rings. The topological polar surface area (TPSA) is 152 Å². The Morgan fingerprint density at radius 3 is 1.67 bits per heavy atom. The Bertz CT molecular complexity index is 1490. The number of rotatable bonds is 19. The number of hydrogen-bond acceptors (Lipinski definition) is 7. The van der Waals surface area contributed by atoms with E-state index in [0.717, 1.165) is 16.7 Å². The molecule has 0 saturated heterocycles. The van der Waals surface area contributed by atoms with Crippen LogP contribution in [0.2, 0.25) is 0 Å². The number of hydrogen-bond donors (Lipinski definition) is 4. The van der Waals surface area contributed by atoms with Crippen molar-refractivity contribution in [3.8, 4) is 0 Å². The molecule has 3 aromatic carbocycles. The van der Waals surface area contributed by atoms with Crippen molar-refractivity contribution in [2.45, 2.75) is 71.0 Å². The Kier molecular flexibility index (Phi) is 16.3. The van der Waals surface area contributed by atoms with Gasteiger partial charge in [0, 0.05) is 6.42 Å². The molecule has 4 atom stereocenters. The molecule has 4 amide bonds. The summed E-state index contributed by atoms with van der Waals surface area (Å²) < 4.78 is 11.2. The maximum atomic E-state index is 13.7. The van der Waals surface area contributed by atoms with Crippen LogP contribution in [0.25, 0.3) is 0 Å². The first kappa shape index (κ1) is 38.7. The highest BCUT2D eigenvalue weighted by molar-refractivity contribution is 6.28. The van der Waals surface area contributed by atoms with Gasteiger partial charge in [-0.25, -0.2) is 4.79 Å². The second kappa shape index (κ2) is 20.6. The van der Waals surface area contributed by atoms with E-state index in [2.05, 4.69) is 21.3 Å². The van der Waals surface area contributed by atoms with Crippen molar-refractivity contribution in [1.29, 1.82) is 0 Å². The minimum Gasteiger partial charge on any atom is -0.445 e. The monoisotopic (exact) mass is 692 g/mol. The fourth-order valence-electron chi connectivity index (χ4n) is 4.80. The zero-order valence-electron chi connectivity index (χ0n) is 28.0. The first-order valence-corrected chi connectivity index (χ1v) is 16.7. The van der Waals surface area contributed by atoms with Crippen LogP contribution in [0.4, 0.5) is 4.79 Å². The summed E-state index contributed by atoms with van der Waals surface area (Å²) in [5.41, 5.74) is 2.39. The number of alkyl carbamates (subject to hydrolysis) is 1. The van der Waals surface area contributed by atoms with Crippen LogP contribution >= 0.6 is 11.6 Å². The lowest BCUT2D eigenvalue weighted by Crippen LogP contribution is -2.58. The van der Waals surface area contributed by atoms with Crippen molar-refractivity contribution >= 4 is 41.2 Å². The van der Waals surface area contributed by atoms with Gasteiger partial charge in [-0.2, -0.15) is 0 Å². The number of carbonyl (C=O) groups is 5. The molecule has 3 rings (SSSR count). The molecule has 0 bridgehead atoms. The summed E-state index contributed by atoms with van der Waals surface area (Å²) in [5, 5.41) is 10.6. The van der Waals surface area contributed by atoms with Gasteiger partial charge in [0.1, 0.15) is 24.7 Å². The number of benzene rings is 3. The summed E-state index contributed by atoms with van der Waals surface area (Å²) in [6, 6.07) is 23.2. The Hall–Kier alpha value is -4.74. The molecule has 0 aliphatic carbocycles. The van der Waals surface area contributed by atoms with Crippen molar-refractivity contribution < 1.29 is 33.4 Å². The van der Waals surface area contributed by atoms with Crippen molar-refractivity contribution in [1.82, 2.24) is 21.3 Å². The van der Waals surface area contributed by atoms with Crippen LogP contribution in [0.15, 0.2) is 91.0 Å². The van der Waals surface area contributed by atoms with Gasteiger partial charge in [0.2, 0.25) is 17.7 Å². The standard InChI is InChI=1S/C37H45ClN4O7/c1-25(2)19-30(33(43)21-38)40-34(44)26(3)39-36(46)32(24-48-22-28-15-9-5-10-16-28)41-35(45)31(20-27-13-7-4-8-14-27)42-37(47)49-23-29-17-11-6-12-18-29/h4-18,25-26,30-32H,19-24H2,1-3H3,(H,39,46)(H,40,44)(H,41,45)(H,42,47)/t26-,30-,31-,32-/m0/s1. The molecule has 3 aromatic rings. The van der Waals surface area contributed by atoms with E-state index in [4.69, 9.17) is 21.1 Å². The number of ketones is 1. The number of carbonyl (C=O) groups excluding carboxylic acids is 5. The summed E-state index contributed by atoms with van der Waals surface area (Å²) in [4.78, 5) is 65.5. The molecular formula is C37H45ClN4O7. The van der Waals surface area contributed by atoms with Crippen molar-refractivity contribution in [3.05, 3.63) is 108 Å². The summed E-state index contributed by atoms with van der Waals surface area (Å²) in [6.45, 7) is 5.22. The Morgan fingerprint density at radius 1 is 0.612 bits per heavy atom. The zero-order chi connectivity index (χ0) is 35.6. The maximum Gasteiger partial charge on any atom is 0.408 e. The molecule has 0 aliphatic heterocycles. The smallest absolute Gasteiger partial charge is 0.408 e. The molecule has 4 N–H and O–H groups in total. The van der Waals surface area contributed by atoms with Crippen LogP contribution in [0, 0.1) is 5.92 Å². The summed E-state index contributed by atoms with van der Waals surface area (Å²) >= 11 is 5.76. The fourth-order valence-corrected chi connectivity index (χ4v) is 4.99. The molecule has 12 heteroatoms. The first-order chi connectivity index (χ1) is 23.5. The van der Waals surface area contributed by atoms with Crippen LogP contribution in [0.1, 0.15) is 43.9 Å². The minimum atomic E-state index is -1.25. The highest BCUT2D eigenvalue weighted by atomic mass is 35.5. The number of halogens is 1. The number of nitrogens with one attached hydrogen (secondary N) is 4. The van der Waals surface area contributed by atoms with E-state index < -0.39 is 48.0 Å². The number of ether oxygens (including phenoxy) is 2. The lowest BCUT2D eigenvalue weighted by molar-refractivity contribution is -0.134. The van der Waals surface area contributed by atoms with Gasteiger partial charge in [0.15, 0.2) is 5.78 Å². The average Bonchev–Trinajstić information content (AvgIpc) is 3.10. The van der Waals surface area contributed by atoms with Crippen LogP contribution in [-0.2, 0) is 48.3 Å². The highest BCUT2D eigenvalue weighted by Gasteiger charge is 2.30. The van der Waals surface area contributed by atoms with Crippen LogP contribution in [-0.4, -0.2) is 66.3 Å². The summed E-state index contributed by atoms with van der Waals surface area (Å²) in [6.07, 6.45) is -0.321. The third kappa shape index (κ3) is 14.1. The molecular weight excluding hydrogens is 648 g/mol. The maximum absolute atomic E-state index is 13.7. The van der Waals surface area contributed by atoms with E-state index in [1.165, 1.54) is 6.92 Å². The number of Topliss-reactive ketones (excluding diaryl/α,β-unsaturated/α-hetero) is 1. The van der Waals surface area contributed by atoms with Crippen LogP contribution < -0.4 is 21.3 Å². The molecule has 0 aliphatic rings. The molecule has 0 aromatic heterocycles. The van der Waals surface area contributed by atoms with E-state index in [1.807, 2.05) is 105 Å². The number of alkyl halides is 1. The Labute approximate surface area is 292 Å². The van der Waals surface area contributed by atoms with Gasteiger partial charge >= 0.3 is 6.09 Å². The molecule has 11 nitrogen and oxygen atoms in total. The van der Waals surface area contributed by atoms with E-state index >= 15 is 0 Å². The summed E-state index contributed by atoms with van der Waals surface area (Å²) in [7, 11) is 0. The van der Waals surface area contributed by atoms with Crippen molar-refractivity contribution in [3.63, 3.8) is 0 Å². The Balaban J connectivity index is 1.74. The number of amides is 4. The van der Waals surface area contributed by atoms with Gasteiger partial charge in [0.05, 0.1) is 25.1 Å². The average molecular weight is 693 g/mol. The second-order valence-corrected chi connectivity index (χ2v) is 12.3. The summed E-state index contributed by atoms with van der Waals surface area (Å²) in [5.74, 6) is -2.43. The molecule has 0 spiro atoms. The van der Waals surface area contributed by atoms with Gasteiger partial charge in [-0.1, -0.05) is 105 Å². The van der Waals surface area contributed by atoms with Crippen LogP contribution in [0.5, 0.6) is 0 Å². The molecule has 49 heavy (non-hydrogen) atoms. The third-order valence-electron chi connectivity index (χ3n) is 7.43. The predicted octanol–water partition coefficient (Wildman–Crippen LogP) is 4.07. The van der Waals surface area contributed by atoms with Gasteiger partial charge in [0.25, 0.3) is 0 Å². The van der Waals surface area contributed by atoms with Gasteiger partial charge in [-0.15, -0.1) is 11.6 Å². The van der Waals surface area contributed by atoms with Gasteiger partial charge in [-0.05, 0) is 36.0 Å². The SMILES string of the molecule is CC(C)C[C@H](NC(=O)[C@H](C)NC(=O)[C@H](COCc1ccccc1)NC(=O)[C@H](Cc1ccccc1)NC(=O)OCc1ccccc1)C(=O)CCl. The third-order valence-corrected chi connectivity index (χ3v) is 7.69. The van der Waals surface area contributed by atoms with Crippen molar-refractivity contribution in [2.24, 2.45) is 5.92 Å². The van der Waals surface area contributed by atoms with Crippen molar-refractivity contribution in [2.75, 3.05) is 12.5 Å². The molecule has 262 valence electrons. The molecule has 0 unspecified atom stereocenters. The quantitative estimate of drug-likeness (QED) is 0.138. The fraction of sp³-hybridized carbons (Fsp3) is 0.378. The minimum absolute atomic E-state index is 0.000819. The van der Waals surface area contributed by atoms with Gasteiger partial charge < -0.3 is 30.7 Å². The van der Waals surface area contributed by atoms with E-state index in [0.29, 0.717) is 6.42 Å². The lowest BCUT2D eigenvalue weighted by atomic mass is 10.0. The van der Waals surface area contributed by atoms with Gasteiger partial charge in [-0.3, -0.25) is 19.2 Å².